The predicted octanol–water partition coefficient (Wildman–Crippen LogP) is 12.3. The fourth-order valence-electron chi connectivity index (χ4n) is 6.83. The van der Waals surface area contributed by atoms with E-state index in [9.17, 15) is 0 Å². The minimum Gasteiger partial charge on any atom is -0.309 e. The first-order valence-electron chi connectivity index (χ1n) is 15.3. The van der Waals surface area contributed by atoms with Gasteiger partial charge in [-0.25, -0.2) is 0 Å². The van der Waals surface area contributed by atoms with E-state index < -0.39 is 0 Å². The van der Waals surface area contributed by atoms with Crippen LogP contribution in [0.1, 0.15) is 0 Å². The van der Waals surface area contributed by atoms with Gasteiger partial charge >= 0.3 is 0 Å². The Labute approximate surface area is 265 Å². The summed E-state index contributed by atoms with van der Waals surface area (Å²) in [6.07, 6.45) is 0. The van der Waals surface area contributed by atoms with Crippen LogP contribution < -0.4 is 4.90 Å². The number of hydrogen-bond acceptors (Lipinski definition) is 2. The van der Waals surface area contributed by atoms with E-state index in [1.165, 1.54) is 53.1 Å². The van der Waals surface area contributed by atoms with Gasteiger partial charge in [-0.15, -0.1) is 11.3 Å². The summed E-state index contributed by atoms with van der Waals surface area (Å²) in [5.74, 6) is 0. The number of fused-ring (bicyclic) bond motifs is 6. The minimum atomic E-state index is 1.14. The third kappa shape index (κ3) is 4.16. The van der Waals surface area contributed by atoms with Crippen molar-refractivity contribution >= 4 is 70.4 Å². The molecule has 2 aromatic heterocycles. The van der Waals surface area contributed by atoms with E-state index >= 15 is 0 Å². The van der Waals surface area contributed by atoms with E-state index in [0.29, 0.717) is 0 Å². The highest BCUT2D eigenvalue weighted by atomic mass is 32.1. The maximum atomic E-state index is 2.47. The molecule has 0 N–H and O–H groups in total. The third-order valence-electron chi connectivity index (χ3n) is 8.78. The Bertz CT molecular complexity index is 2490. The molecule has 0 unspecified atom stereocenters. The second-order valence-corrected chi connectivity index (χ2v) is 12.4. The summed E-state index contributed by atoms with van der Waals surface area (Å²) < 4.78 is 4.99. The molecule has 0 aliphatic rings. The van der Waals surface area contributed by atoms with E-state index in [1.807, 2.05) is 11.3 Å². The van der Waals surface area contributed by atoms with Gasteiger partial charge < -0.3 is 9.47 Å². The molecule has 0 saturated heterocycles. The zero-order valence-electron chi connectivity index (χ0n) is 24.5. The van der Waals surface area contributed by atoms with Gasteiger partial charge in [0.05, 0.1) is 22.4 Å². The summed E-state index contributed by atoms with van der Waals surface area (Å²) in [5.41, 5.74) is 9.37. The van der Waals surface area contributed by atoms with E-state index in [4.69, 9.17) is 0 Å². The highest BCUT2D eigenvalue weighted by Crippen LogP contribution is 2.47. The Morgan fingerprint density at radius 3 is 1.96 bits per heavy atom. The van der Waals surface area contributed by atoms with E-state index in [0.717, 1.165) is 22.7 Å². The normalized spacial score (nSPS) is 11.6. The fourth-order valence-corrected chi connectivity index (χ4v) is 7.97. The van der Waals surface area contributed by atoms with Gasteiger partial charge in [0.25, 0.3) is 0 Å². The first-order chi connectivity index (χ1) is 22.3. The molecule has 0 saturated carbocycles. The quantitative estimate of drug-likeness (QED) is 0.193. The molecular weight excluding hydrogens is 565 g/mol. The summed E-state index contributed by atoms with van der Waals surface area (Å²) in [7, 11) is 0. The summed E-state index contributed by atoms with van der Waals surface area (Å²) in [6, 6.07) is 61.4. The summed E-state index contributed by atoms with van der Waals surface area (Å²) in [6.45, 7) is 0. The topological polar surface area (TPSA) is 8.17 Å². The SMILES string of the molecule is c1ccc(-c2ccccc2N(c2ccc3c(c2)sc2ccccc23)c2cccc3c2c2ccccc2n3-c2ccccc2)cc1. The molecule has 3 heteroatoms. The van der Waals surface area contributed by atoms with Gasteiger partial charge in [-0.1, -0.05) is 115 Å². The summed E-state index contributed by atoms with van der Waals surface area (Å²) >= 11 is 1.86. The molecule has 2 nitrogen and oxygen atoms in total. The van der Waals surface area contributed by atoms with Gasteiger partial charge in [0.1, 0.15) is 0 Å². The zero-order valence-corrected chi connectivity index (χ0v) is 25.3. The highest BCUT2D eigenvalue weighted by Gasteiger charge is 2.23. The lowest BCUT2D eigenvalue weighted by Crippen LogP contribution is -2.11. The number of anilines is 3. The number of nitrogens with zero attached hydrogens (tertiary/aromatic N) is 2. The summed E-state index contributed by atoms with van der Waals surface area (Å²) in [4.78, 5) is 2.47. The monoisotopic (exact) mass is 592 g/mol. The number of benzene rings is 7. The van der Waals surface area contributed by atoms with Gasteiger partial charge in [0.2, 0.25) is 0 Å². The molecule has 2 heterocycles. The maximum Gasteiger partial charge on any atom is 0.0562 e. The van der Waals surface area contributed by atoms with Crippen molar-refractivity contribution in [2.24, 2.45) is 0 Å². The Hall–Kier alpha value is -5.64. The molecule has 9 aromatic rings. The number of aromatic nitrogens is 1. The molecule has 45 heavy (non-hydrogen) atoms. The van der Waals surface area contributed by atoms with Crippen LogP contribution in [0.15, 0.2) is 170 Å². The first-order valence-corrected chi connectivity index (χ1v) is 16.1. The molecule has 0 aliphatic carbocycles. The van der Waals surface area contributed by atoms with Gasteiger partial charge in [0, 0.05) is 47.9 Å². The molecule has 0 fully saturated rings. The standard InChI is InChI=1S/C42H28N2S/c1-3-14-29(15-4-1)32-18-7-10-21-36(32)44(31-26-27-34-33-19-9-12-25-40(33)45-41(34)28-31)39-24-13-23-38-42(39)35-20-8-11-22-37(35)43(38)30-16-5-2-6-17-30/h1-28H. The second kappa shape index (κ2) is 10.5. The average Bonchev–Trinajstić information content (AvgIpc) is 3.65. The Kier molecular flexibility index (Phi) is 6.03. The molecule has 7 aromatic carbocycles. The lowest BCUT2D eigenvalue weighted by Gasteiger charge is -2.29. The molecular formula is C42H28N2S. The molecule has 0 spiro atoms. The average molecular weight is 593 g/mol. The highest BCUT2D eigenvalue weighted by molar-refractivity contribution is 7.25. The van der Waals surface area contributed by atoms with Crippen molar-refractivity contribution in [2.75, 3.05) is 4.90 Å². The van der Waals surface area contributed by atoms with Crippen LogP contribution in [0, 0.1) is 0 Å². The molecule has 0 radical (unpaired) electrons. The minimum absolute atomic E-state index is 1.14. The molecule has 9 rings (SSSR count). The van der Waals surface area contributed by atoms with Crippen molar-refractivity contribution in [3.8, 4) is 16.8 Å². The van der Waals surface area contributed by atoms with Gasteiger partial charge in [0.15, 0.2) is 0 Å². The van der Waals surface area contributed by atoms with Gasteiger partial charge in [-0.05, 0) is 60.2 Å². The lowest BCUT2D eigenvalue weighted by molar-refractivity contribution is 1.18. The van der Waals surface area contributed by atoms with Crippen LogP contribution in [-0.2, 0) is 0 Å². The molecule has 0 amide bonds. The molecule has 212 valence electrons. The Morgan fingerprint density at radius 1 is 0.444 bits per heavy atom. The van der Waals surface area contributed by atoms with E-state index in [1.54, 1.807) is 0 Å². The second-order valence-electron chi connectivity index (χ2n) is 11.4. The van der Waals surface area contributed by atoms with Crippen LogP contribution in [0.2, 0.25) is 0 Å². The zero-order chi connectivity index (χ0) is 29.7. The largest absolute Gasteiger partial charge is 0.309 e. The summed E-state index contributed by atoms with van der Waals surface area (Å²) in [5, 5.41) is 5.08. The van der Waals surface area contributed by atoms with E-state index in [2.05, 4.69) is 179 Å². The van der Waals surface area contributed by atoms with Crippen LogP contribution in [0.5, 0.6) is 0 Å². The number of hydrogen-bond donors (Lipinski definition) is 0. The Balaban J connectivity index is 1.38. The van der Waals surface area contributed by atoms with Gasteiger partial charge in [-0.3, -0.25) is 0 Å². The van der Waals surface area contributed by atoms with Crippen molar-refractivity contribution in [3.63, 3.8) is 0 Å². The van der Waals surface area contributed by atoms with Crippen molar-refractivity contribution in [1.82, 2.24) is 4.57 Å². The number of rotatable bonds is 5. The number of thiophene rings is 1. The van der Waals surface area contributed by atoms with Crippen LogP contribution in [0.25, 0.3) is 58.8 Å². The van der Waals surface area contributed by atoms with E-state index in [-0.39, 0.29) is 0 Å². The van der Waals surface area contributed by atoms with Crippen molar-refractivity contribution < 1.29 is 0 Å². The van der Waals surface area contributed by atoms with Crippen molar-refractivity contribution in [3.05, 3.63) is 170 Å². The van der Waals surface area contributed by atoms with Crippen molar-refractivity contribution in [2.45, 2.75) is 0 Å². The third-order valence-corrected chi connectivity index (χ3v) is 9.91. The Morgan fingerprint density at radius 2 is 1.09 bits per heavy atom. The van der Waals surface area contributed by atoms with Crippen LogP contribution in [0.3, 0.4) is 0 Å². The predicted molar refractivity (Wildman–Crippen MR) is 194 cm³/mol. The fraction of sp³-hybridized carbons (Fsp3) is 0. The van der Waals surface area contributed by atoms with Crippen molar-refractivity contribution in [1.29, 1.82) is 0 Å². The van der Waals surface area contributed by atoms with Gasteiger partial charge in [-0.2, -0.15) is 0 Å². The molecule has 0 bridgehead atoms. The van der Waals surface area contributed by atoms with Crippen LogP contribution in [0.4, 0.5) is 17.1 Å². The smallest absolute Gasteiger partial charge is 0.0562 e. The van der Waals surface area contributed by atoms with Crippen LogP contribution in [-0.4, -0.2) is 4.57 Å². The first kappa shape index (κ1) is 25.8. The van der Waals surface area contributed by atoms with Crippen LogP contribution >= 0.6 is 11.3 Å². The maximum absolute atomic E-state index is 2.47. The molecule has 0 aliphatic heterocycles. The number of para-hydroxylation sites is 3. The molecule has 0 atom stereocenters. The lowest BCUT2D eigenvalue weighted by atomic mass is 10.0.